The van der Waals surface area contributed by atoms with Gasteiger partial charge < -0.3 is 0 Å². The van der Waals surface area contributed by atoms with Gasteiger partial charge in [-0.3, -0.25) is 0 Å². The molecule has 1 rings (SSSR count). The Hall–Kier alpha value is 0.460. The number of benzene rings is 1. The molecule has 0 fully saturated rings. The molecule has 0 atom stereocenters. The average molecular weight is 343 g/mol. The molecule has 0 spiro atoms. The molecule has 3 heteroatoms. The van der Waals surface area contributed by atoms with E-state index in [9.17, 15) is 0 Å². The second-order valence-corrected chi connectivity index (χ2v) is 4.02. The van der Waals surface area contributed by atoms with Gasteiger partial charge in [0.05, 0.1) is 0 Å². The summed E-state index contributed by atoms with van der Waals surface area (Å²) in [7, 11) is 0. The summed E-state index contributed by atoms with van der Waals surface area (Å²) in [5.41, 5.74) is 1.13. The third-order valence-electron chi connectivity index (χ3n) is 1.20. The maximum absolute atomic E-state index is 5.80. The summed E-state index contributed by atoms with van der Waals surface area (Å²) in [6.45, 7) is 0. The Balaban J connectivity index is 3.06. The van der Waals surface area contributed by atoms with E-state index in [0.29, 0.717) is 0 Å². The first kappa shape index (κ1) is 9.55. The van der Waals surface area contributed by atoms with Crippen LogP contribution in [0, 0.1) is 0 Å². The maximum Gasteiger partial charge on any atom is 0.0412 e. The van der Waals surface area contributed by atoms with Crippen LogP contribution in [0.15, 0.2) is 29.3 Å². The van der Waals surface area contributed by atoms with Crippen LogP contribution in [0.5, 0.6) is 0 Å². The van der Waals surface area contributed by atoms with E-state index in [1.807, 2.05) is 29.3 Å². The van der Waals surface area contributed by atoms with Gasteiger partial charge in [-0.15, -0.1) is 0 Å². The molecule has 0 aliphatic heterocycles. The molecule has 58 valence electrons. The average Bonchev–Trinajstić information content (AvgIpc) is 2.03. The van der Waals surface area contributed by atoms with E-state index < -0.39 is 0 Å². The lowest BCUT2D eigenvalue weighted by molar-refractivity contribution is 1.66. The summed E-state index contributed by atoms with van der Waals surface area (Å²) in [5, 5.41) is 0.769. The predicted octanol–water partition coefficient (Wildman–Crippen LogP) is 4.47. The molecule has 0 heterocycles. The highest BCUT2D eigenvalue weighted by Crippen LogP contribution is 2.25. The lowest BCUT2D eigenvalue weighted by atomic mass is 10.2. The van der Waals surface area contributed by atoms with Crippen molar-refractivity contribution in [2.45, 2.75) is 0 Å². The van der Waals surface area contributed by atoms with Crippen LogP contribution < -0.4 is 0 Å². The van der Waals surface area contributed by atoms with Crippen LogP contribution in [-0.4, -0.2) is 0 Å². The lowest BCUT2D eigenvalue weighted by Gasteiger charge is -1.97. The SMILES string of the molecule is Clc1cccc(/C(I)=C/Br)c1. The van der Waals surface area contributed by atoms with Gasteiger partial charge in [-0.05, 0) is 45.3 Å². The molecule has 0 aliphatic rings. The van der Waals surface area contributed by atoms with E-state index in [4.69, 9.17) is 11.6 Å². The fraction of sp³-hybridized carbons (Fsp3) is 0. The van der Waals surface area contributed by atoms with Gasteiger partial charge >= 0.3 is 0 Å². The number of hydrogen-bond donors (Lipinski definition) is 0. The Bertz CT molecular complexity index is 283. The van der Waals surface area contributed by atoms with Gasteiger partial charge in [0.15, 0.2) is 0 Å². The molecule has 0 aromatic heterocycles. The molecule has 0 N–H and O–H groups in total. The fourth-order valence-corrected chi connectivity index (χ4v) is 1.49. The highest BCUT2D eigenvalue weighted by molar-refractivity contribution is 14.1. The van der Waals surface area contributed by atoms with Gasteiger partial charge in [-0.25, -0.2) is 0 Å². The maximum atomic E-state index is 5.80. The van der Waals surface area contributed by atoms with Crippen LogP contribution in [0.2, 0.25) is 5.02 Å². The van der Waals surface area contributed by atoms with Crippen molar-refractivity contribution in [2.75, 3.05) is 0 Å². The molecule has 0 radical (unpaired) electrons. The number of halogens is 3. The van der Waals surface area contributed by atoms with Crippen molar-refractivity contribution in [3.63, 3.8) is 0 Å². The first-order chi connectivity index (χ1) is 5.24. The molecule has 0 bridgehead atoms. The minimum absolute atomic E-state index is 0.769. The normalized spacial score (nSPS) is 11.7. The quantitative estimate of drug-likeness (QED) is 0.660. The Morgan fingerprint density at radius 1 is 1.55 bits per heavy atom. The largest absolute Gasteiger partial charge is 0.0843 e. The molecular formula is C8H5BrClI. The first-order valence-corrected chi connectivity index (χ1v) is 5.33. The van der Waals surface area contributed by atoms with Crippen molar-refractivity contribution in [3.8, 4) is 0 Å². The smallest absolute Gasteiger partial charge is 0.0412 e. The summed E-state index contributed by atoms with van der Waals surface area (Å²) in [6.07, 6.45) is 0. The summed E-state index contributed by atoms with van der Waals surface area (Å²) >= 11 is 11.3. The molecule has 0 saturated carbocycles. The van der Waals surface area contributed by atoms with Crippen molar-refractivity contribution < 1.29 is 0 Å². The third kappa shape index (κ3) is 2.76. The zero-order chi connectivity index (χ0) is 8.27. The zero-order valence-corrected chi connectivity index (χ0v) is 10.0. The molecule has 11 heavy (non-hydrogen) atoms. The van der Waals surface area contributed by atoms with E-state index in [1.54, 1.807) is 0 Å². The van der Waals surface area contributed by atoms with Crippen molar-refractivity contribution in [1.29, 1.82) is 0 Å². The summed E-state index contributed by atoms with van der Waals surface area (Å²) in [5.74, 6) is 0. The van der Waals surface area contributed by atoms with Crippen molar-refractivity contribution in [3.05, 3.63) is 39.8 Å². The summed E-state index contributed by atoms with van der Waals surface area (Å²) < 4.78 is 1.14. The molecule has 0 aliphatic carbocycles. The summed E-state index contributed by atoms with van der Waals surface area (Å²) in [6, 6.07) is 7.75. The van der Waals surface area contributed by atoms with Gasteiger partial charge in [0.2, 0.25) is 0 Å². The standard InChI is InChI=1S/C8H5BrClI/c9-5-8(11)6-2-1-3-7(10)4-6/h1-5H/b8-5-. The fourth-order valence-electron chi connectivity index (χ4n) is 0.700. The Kier molecular flexibility index (Phi) is 3.89. The van der Waals surface area contributed by atoms with Crippen molar-refractivity contribution >= 4 is 53.7 Å². The first-order valence-electron chi connectivity index (χ1n) is 2.96. The minimum Gasteiger partial charge on any atom is -0.0843 e. The Labute approximate surface area is 92.9 Å². The lowest BCUT2D eigenvalue weighted by Crippen LogP contribution is -1.73. The molecule has 0 saturated heterocycles. The molecular weight excluding hydrogens is 338 g/mol. The van der Waals surface area contributed by atoms with E-state index in [2.05, 4.69) is 38.5 Å². The molecule has 0 amide bonds. The highest BCUT2D eigenvalue weighted by atomic mass is 127. The van der Waals surface area contributed by atoms with Crippen LogP contribution in [0.3, 0.4) is 0 Å². The molecule has 1 aromatic rings. The van der Waals surface area contributed by atoms with E-state index in [1.165, 1.54) is 0 Å². The van der Waals surface area contributed by atoms with Crippen molar-refractivity contribution in [1.82, 2.24) is 0 Å². The van der Waals surface area contributed by atoms with Crippen LogP contribution >= 0.6 is 50.1 Å². The summed E-state index contributed by atoms with van der Waals surface area (Å²) in [4.78, 5) is 1.87. The van der Waals surface area contributed by atoms with Gasteiger partial charge in [-0.2, -0.15) is 0 Å². The van der Waals surface area contributed by atoms with Crippen LogP contribution in [0.25, 0.3) is 3.58 Å². The van der Waals surface area contributed by atoms with Gasteiger partial charge in [-0.1, -0.05) is 39.7 Å². The third-order valence-corrected chi connectivity index (χ3v) is 3.68. The van der Waals surface area contributed by atoms with Crippen LogP contribution in [0.1, 0.15) is 5.56 Å². The van der Waals surface area contributed by atoms with Crippen LogP contribution in [0.4, 0.5) is 0 Å². The second-order valence-electron chi connectivity index (χ2n) is 1.97. The monoisotopic (exact) mass is 342 g/mol. The van der Waals surface area contributed by atoms with Gasteiger partial charge in [0.1, 0.15) is 0 Å². The zero-order valence-electron chi connectivity index (χ0n) is 5.52. The van der Waals surface area contributed by atoms with Gasteiger partial charge in [0, 0.05) is 8.60 Å². The van der Waals surface area contributed by atoms with E-state index in [0.717, 1.165) is 14.2 Å². The van der Waals surface area contributed by atoms with E-state index in [-0.39, 0.29) is 0 Å². The van der Waals surface area contributed by atoms with Gasteiger partial charge in [0.25, 0.3) is 0 Å². The molecule has 1 aromatic carbocycles. The van der Waals surface area contributed by atoms with E-state index >= 15 is 0 Å². The topological polar surface area (TPSA) is 0 Å². The highest BCUT2D eigenvalue weighted by Gasteiger charge is 1.95. The second kappa shape index (κ2) is 4.48. The Morgan fingerprint density at radius 3 is 2.82 bits per heavy atom. The Morgan fingerprint density at radius 2 is 2.27 bits per heavy atom. The minimum atomic E-state index is 0.769. The molecule has 0 nitrogen and oxygen atoms in total. The number of hydrogen-bond acceptors (Lipinski definition) is 0. The van der Waals surface area contributed by atoms with Crippen LogP contribution in [-0.2, 0) is 0 Å². The van der Waals surface area contributed by atoms with Crippen molar-refractivity contribution in [2.24, 2.45) is 0 Å². The predicted molar refractivity (Wildman–Crippen MR) is 62.4 cm³/mol. The number of rotatable bonds is 1. The molecule has 0 unspecified atom stereocenters.